The number of nitrogens with one attached hydrogen (secondary N) is 1. The molecule has 5 N–H and O–H groups in total. The molecular weight excluding hydrogens is 274 g/mol. The van der Waals surface area contributed by atoms with Gasteiger partial charge < -0.3 is 5.73 Å². The van der Waals surface area contributed by atoms with E-state index in [1.54, 1.807) is 0 Å². The van der Waals surface area contributed by atoms with Crippen molar-refractivity contribution in [2.24, 2.45) is 5.84 Å². The Bertz CT molecular complexity index is 994. The van der Waals surface area contributed by atoms with Crippen LogP contribution in [0.3, 0.4) is 0 Å². The third kappa shape index (κ3) is 2.04. The van der Waals surface area contributed by atoms with Crippen LogP contribution in [0.1, 0.15) is 0 Å². The number of nitrogen functional groups attached to an aromatic ring is 1. The van der Waals surface area contributed by atoms with Gasteiger partial charge in [-0.05, 0) is 29.7 Å². The van der Waals surface area contributed by atoms with Crippen molar-refractivity contribution in [3.63, 3.8) is 0 Å². The molecule has 0 unspecified atom stereocenters. The lowest BCUT2D eigenvalue weighted by Crippen LogP contribution is -2.45. The van der Waals surface area contributed by atoms with Gasteiger partial charge in [-0.25, -0.2) is 15.9 Å². The number of benzene rings is 2. The summed E-state index contributed by atoms with van der Waals surface area (Å²) in [5.41, 5.74) is 10.8. The van der Waals surface area contributed by atoms with Gasteiger partial charge in [0.05, 0.1) is 5.69 Å². The number of hydrogen-bond donors (Lipinski definition) is 3. The highest BCUT2D eigenvalue weighted by Gasteiger charge is 2.06. The zero-order chi connectivity index (χ0) is 15.1. The molecule has 1 radical (unpaired) electrons. The minimum absolute atomic E-state index is 0.514. The molecule has 5 heteroatoms. The Kier molecular flexibility index (Phi) is 2.74. The topological polar surface area (TPSA) is 80.2 Å². The number of hydrogen-bond acceptors (Lipinski definition) is 5. The molecular formula is C17H14N5. The van der Waals surface area contributed by atoms with Gasteiger partial charge in [0.2, 0.25) is 0 Å². The van der Waals surface area contributed by atoms with Crippen LogP contribution in [0.4, 0.5) is 5.82 Å². The van der Waals surface area contributed by atoms with Crippen molar-refractivity contribution in [2.75, 3.05) is 5.73 Å². The maximum atomic E-state index is 6.07. The van der Waals surface area contributed by atoms with Crippen molar-refractivity contribution < 1.29 is 0 Å². The molecule has 0 saturated carbocycles. The second-order valence-electron chi connectivity index (χ2n) is 5.19. The molecule has 0 fully saturated rings. The van der Waals surface area contributed by atoms with Gasteiger partial charge in [-0.2, -0.15) is 0 Å². The Morgan fingerprint density at radius 1 is 1.14 bits per heavy atom. The van der Waals surface area contributed by atoms with E-state index in [0.717, 1.165) is 32.5 Å². The predicted molar refractivity (Wildman–Crippen MR) is 87.8 cm³/mol. The van der Waals surface area contributed by atoms with Crippen molar-refractivity contribution in [2.45, 2.75) is 0 Å². The second kappa shape index (κ2) is 4.75. The third-order valence-electron chi connectivity index (χ3n) is 3.74. The molecule has 0 aliphatic carbocycles. The fraction of sp³-hybridized carbons (Fsp3) is 0. The number of nitrogens with zero attached hydrogens (tertiary/aromatic N) is 2. The van der Waals surface area contributed by atoms with E-state index in [-0.39, 0.29) is 0 Å². The summed E-state index contributed by atoms with van der Waals surface area (Å²) in [4.78, 5) is 4.51. The lowest BCUT2D eigenvalue weighted by atomic mass is 10.1. The molecule has 1 aliphatic rings. The summed E-state index contributed by atoms with van der Waals surface area (Å²) in [5, 5.41) is 5.50. The van der Waals surface area contributed by atoms with Gasteiger partial charge in [-0.3, -0.25) is 5.43 Å². The van der Waals surface area contributed by atoms with Gasteiger partial charge in [-0.15, -0.1) is 0 Å². The van der Waals surface area contributed by atoms with Crippen LogP contribution in [0, 0.1) is 6.07 Å². The summed E-state index contributed by atoms with van der Waals surface area (Å²) in [6.45, 7) is 0. The zero-order valence-corrected chi connectivity index (χ0v) is 11.7. The zero-order valence-electron chi connectivity index (χ0n) is 11.7. The van der Waals surface area contributed by atoms with E-state index < -0.39 is 0 Å². The van der Waals surface area contributed by atoms with Crippen LogP contribution in [0.25, 0.3) is 34.4 Å². The van der Waals surface area contributed by atoms with Crippen LogP contribution in [0.15, 0.2) is 42.5 Å². The fourth-order valence-corrected chi connectivity index (χ4v) is 2.62. The number of anilines is 1. The monoisotopic (exact) mass is 288 g/mol. The van der Waals surface area contributed by atoms with Gasteiger partial charge in [0.25, 0.3) is 0 Å². The minimum Gasteiger partial charge on any atom is -0.383 e. The van der Waals surface area contributed by atoms with Crippen LogP contribution in [-0.2, 0) is 0 Å². The van der Waals surface area contributed by atoms with Crippen molar-refractivity contribution in [3.05, 3.63) is 59.0 Å². The van der Waals surface area contributed by atoms with E-state index in [0.29, 0.717) is 5.82 Å². The van der Waals surface area contributed by atoms with E-state index in [2.05, 4.69) is 22.5 Å². The predicted octanol–water partition coefficient (Wildman–Crippen LogP) is 0.454. The van der Waals surface area contributed by atoms with E-state index in [1.807, 2.05) is 48.8 Å². The molecule has 2 aromatic carbocycles. The molecule has 22 heavy (non-hydrogen) atoms. The number of rotatable bonds is 1. The van der Waals surface area contributed by atoms with Gasteiger partial charge in [0.1, 0.15) is 5.82 Å². The Balaban J connectivity index is 1.93. The van der Waals surface area contributed by atoms with Crippen LogP contribution < -0.4 is 27.4 Å². The van der Waals surface area contributed by atoms with E-state index in [9.17, 15) is 0 Å². The van der Waals surface area contributed by atoms with Crippen molar-refractivity contribution in [1.29, 1.82) is 0 Å². The first kappa shape index (κ1) is 12.7. The summed E-state index contributed by atoms with van der Waals surface area (Å²) >= 11 is 0. The average Bonchev–Trinajstić information content (AvgIpc) is 2.54. The van der Waals surface area contributed by atoms with Gasteiger partial charge in [0, 0.05) is 33.8 Å². The summed E-state index contributed by atoms with van der Waals surface area (Å²) in [6.07, 6.45) is 3.69. The van der Waals surface area contributed by atoms with Gasteiger partial charge in [0.15, 0.2) is 0 Å². The summed E-state index contributed by atoms with van der Waals surface area (Å²) < 4.78 is 0. The molecule has 0 spiro atoms. The fourth-order valence-electron chi connectivity index (χ4n) is 2.62. The highest BCUT2D eigenvalue weighted by molar-refractivity contribution is 5.93. The number of fused-ring (bicyclic) bond motifs is 2. The maximum Gasteiger partial charge on any atom is 0.131 e. The van der Waals surface area contributed by atoms with Crippen molar-refractivity contribution in [1.82, 2.24) is 15.5 Å². The third-order valence-corrected chi connectivity index (χ3v) is 3.74. The smallest absolute Gasteiger partial charge is 0.131 e. The van der Waals surface area contributed by atoms with Crippen LogP contribution in [-0.4, -0.2) is 10.1 Å². The van der Waals surface area contributed by atoms with Crippen molar-refractivity contribution in [3.8, 4) is 11.3 Å². The SMILES string of the molecule is Nc1nc(-c2ccc3c(c2)=CN(N)NC=3)cc2cc[c]cc12. The molecule has 0 saturated heterocycles. The molecule has 0 atom stereocenters. The standard InChI is InChI=1S/C17H14N5/c18-17-15-4-2-1-3-11(15)8-16(21-17)12-5-6-13-9-20-22(19)10-14(13)7-12/h1,3-10,20H,19H2,(H2,18,21). The Labute approximate surface area is 127 Å². The first-order valence-electron chi connectivity index (χ1n) is 6.90. The molecule has 2 heterocycles. The number of hydrazine groups is 2. The molecule has 1 aromatic heterocycles. The summed E-state index contributed by atoms with van der Waals surface area (Å²) in [5.74, 6) is 6.25. The summed E-state index contributed by atoms with van der Waals surface area (Å²) in [7, 11) is 0. The molecule has 4 rings (SSSR count). The van der Waals surface area contributed by atoms with E-state index >= 15 is 0 Å². The lowest BCUT2D eigenvalue weighted by molar-refractivity contribution is 0.377. The summed E-state index contributed by atoms with van der Waals surface area (Å²) in [6, 6.07) is 16.9. The van der Waals surface area contributed by atoms with Crippen LogP contribution in [0.2, 0.25) is 0 Å². The second-order valence-corrected chi connectivity index (χ2v) is 5.19. The van der Waals surface area contributed by atoms with E-state index in [1.165, 1.54) is 5.12 Å². The Hall–Kier alpha value is -3.05. The Morgan fingerprint density at radius 3 is 2.95 bits per heavy atom. The molecule has 0 amide bonds. The molecule has 3 aromatic rings. The molecule has 1 aliphatic heterocycles. The highest BCUT2D eigenvalue weighted by atomic mass is 15.6. The molecule has 107 valence electrons. The molecule has 0 bridgehead atoms. The number of aromatic nitrogens is 1. The lowest BCUT2D eigenvalue weighted by Gasteiger charge is -2.16. The maximum absolute atomic E-state index is 6.07. The quantitative estimate of drug-likeness (QED) is 0.567. The first-order chi connectivity index (χ1) is 10.7. The van der Waals surface area contributed by atoms with Crippen molar-refractivity contribution >= 4 is 29.0 Å². The van der Waals surface area contributed by atoms with E-state index in [4.69, 9.17) is 11.6 Å². The Morgan fingerprint density at radius 2 is 2.05 bits per heavy atom. The van der Waals surface area contributed by atoms with Gasteiger partial charge in [-0.1, -0.05) is 24.3 Å². The number of nitrogens with two attached hydrogens (primary N) is 2. The minimum atomic E-state index is 0.514. The average molecular weight is 288 g/mol. The molecule has 5 nitrogen and oxygen atoms in total. The van der Waals surface area contributed by atoms with Crippen LogP contribution in [0.5, 0.6) is 0 Å². The highest BCUT2D eigenvalue weighted by Crippen LogP contribution is 2.24. The largest absolute Gasteiger partial charge is 0.383 e. The normalized spacial score (nSPS) is 13.0. The number of pyridine rings is 1. The van der Waals surface area contributed by atoms with Crippen LogP contribution >= 0.6 is 0 Å². The van der Waals surface area contributed by atoms with Gasteiger partial charge >= 0.3 is 0 Å². The first-order valence-corrected chi connectivity index (χ1v) is 6.90.